The summed E-state index contributed by atoms with van der Waals surface area (Å²) in [5.74, 6) is 1.15. The number of esters is 1. The zero-order chi connectivity index (χ0) is 27.3. The number of fused-ring (bicyclic) bond motifs is 1. The van der Waals surface area contributed by atoms with Gasteiger partial charge in [-0.3, -0.25) is 0 Å². The quantitative estimate of drug-likeness (QED) is 0.115. The molecule has 8 heteroatoms. The molecule has 0 aliphatic rings. The summed E-state index contributed by atoms with van der Waals surface area (Å²) in [6.45, 7) is 12.1. The second-order valence-electron chi connectivity index (χ2n) is 10.3. The van der Waals surface area contributed by atoms with Crippen molar-refractivity contribution >= 4 is 24.8 Å². The highest BCUT2D eigenvalue weighted by molar-refractivity contribution is 6.76. The number of hydrogen-bond donors (Lipinski definition) is 0. The van der Waals surface area contributed by atoms with E-state index in [0.717, 1.165) is 28.1 Å². The minimum absolute atomic E-state index is 0.178. The Bertz CT molecular complexity index is 1410. The number of carbonyl (C=O) groups is 1. The lowest BCUT2D eigenvalue weighted by Gasteiger charge is -2.16. The predicted molar refractivity (Wildman–Crippen MR) is 153 cm³/mol. The van der Waals surface area contributed by atoms with Gasteiger partial charge in [-0.25, -0.2) is 9.78 Å². The predicted octanol–water partition coefficient (Wildman–Crippen LogP) is 7.30. The molecular formula is C30H36N2O5Si. The maximum atomic E-state index is 13.2. The zero-order valence-electron chi connectivity index (χ0n) is 23.0. The third kappa shape index (κ3) is 6.08. The molecule has 4 rings (SSSR count). The number of aryl methyl sites for hydroxylation is 1. The first kappa shape index (κ1) is 27.4. The monoisotopic (exact) mass is 532 g/mol. The molecule has 0 amide bonds. The van der Waals surface area contributed by atoms with Gasteiger partial charge >= 0.3 is 5.97 Å². The van der Waals surface area contributed by atoms with Gasteiger partial charge in [0.25, 0.3) is 0 Å². The Balaban J connectivity index is 1.88. The van der Waals surface area contributed by atoms with Crippen LogP contribution in [-0.4, -0.2) is 43.9 Å². The van der Waals surface area contributed by atoms with Gasteiger partial charge in [0.15, 0.2) is 5.69 Å². The van der Waals surface area contributed by atoms with Crippen molar-refractivity contribution in [2.75, 3.05) is 20.3 Å². The van der Waals surface area contributed by atoms with E-state index in [4.69, 9.17) is 18.9 Å². The van der Waals surface area contributed by atoms with Crippen LogP contribution in [-0.2, 0) is 16.2 Å². The molecule has 0 saturated carbocycles. The third-order valence-electron chi connectivity index (χ3n) is 6.30. The molecule has 0 N–H and O–H groups in total. The molecule has 0 unspecified atom stereocenters. The number of pyridine rings is 1. The van der Waals surface area contributed by atoms with Crippen molar-refractivity contribution in [3.05, 3.63) is 72.2 Å². The van der Waals surface area contributed by atoms with E-state index in [1.165, 1.54) is 0 Å². The van der Waals surface area contributed by atoms with E-state index in [1.807, 2.05) is 72.3 Å². The molecule has 0 radical (unpaired) electrons. The Morgan fingerprint density at radius 1 is 1.03 bits per heavy atom. The normalized spacial score (nSPS) is 11.5. The average molecular weight is 533 g/mol. The highest BCUT2D eigenvalue weighted by atomic mass is 28.3. The van der Waals surface area contributed by atoms with Gasteiger partial charge in [-0.1, -0.05) is 56.0 Å². The summed E-state index contributed by atoms with van der Waals surface area (Å²) in [5.41, 5.74) is 2.48. The number of methoxy groups -OCH3 is 1. The van der Waals surface area contributed by atoms with Gasteiger partial charge in [-0.15, -0.1) is 0 Å². The number of hydrogen-bond acceptors (Lipinski definition) is 6. The molecule has 4 aromatic rings. The van der Waals surface area contributed by atoms with Gasteiger partial charge in [0.1, 0.15) is 18.2 Å². The van der Waals surface area contributed by atoms with Crippen LogP contribution in [0.2, 0.25) is 25.7 Å². The second kappa shape index (κ2) is 11.8. The van der Waals surface area contributed by atoms with Crippen molar-refractivity contribution in [2.24, 2.45) is 0 Å². The molecular weight excluding hydrogens is 496 g/mol. The first-order valence-electron chi connectivity index (χ1n) is 12.9. The Kier molecular flexibility index (Phi) is 8.54. The SMILES string of the molecule is CCOC(=O)c1nc(OC)c2c(C)n(COCC[Si](C)(C)C)cc2c1-c1ccccc1Oc1ccccc1. The number of nitrogens with zero attached hydrogens (tertiary/aromatic N) is 2. The van der Waals surface area contributed by atoms with Crippen LogP contribution in [0, 0.1) is 6.92 Å². The molecule has 0 saturated heterocycles. The lowest BCUT2D eigenvalue weighted by Crippen LogP contribution is -2.22. The molecule has 0 aliphatic carbocycles. The maximum absolute atomic E-state index is 13.2. The number of benzene rings is 2. The largest absolute Gasteiger partial charge is 0.480 e. The van der Waals surface area contributed by atoms with E-state index in [9.17, 15) is 4.79 Å². The highest BCUT2D eigenvalue weighted by Gasteiger charge is 2.27. The average Bonchev–Trinajstić information content (AvgIpc) is 3.22. The van der Waals surface area contributed by atoms with Crippen LogP contribution in [0.4, 0.5) is 0 Å². The first-order chi connectivity index (χ1) is 18.2. The fourth-order valence-corrected chi connectivity index (χ4v) is 5.03. The molecule has 38 heavy (non-hydrogen) atoms. The lowest BCUT2D eigenvalue weighted by molar-refractivity contribution is 0.0519. The van der Waals surface area contributed by atoms with Crippen LogP contribution in [0.3, 0.4) is 0 Å². The van der Waals surface area contributed by atoms with Crippen molar-refractivity contribution in [1.82, 2.24) is 9.55 Å². The second-order valence-corrected chi connectivity index (χ2v) is 15.9. The Morgan fingerprint density at radius 2 is 1.74 bits per heavy atom. The molecule has 0 fully saturated rings. The van der Waals surface area contributed by atoms with Crippen LogP contribution in [0.5, 0.6) is 17.4 Å². The number of carbonyl (C=O) groups excluding carboxylic acids is 1. The van der Waals surface area contributed by atoms with Crippen LogP contribution in [0.25, 0.3) is 21.9 Å². The van der Waals surface area contributed by atoms with E-state index >= 15 is 0 Å². The minimum atomic E-state index is -1.20. The number of aromatic nitrogens is 2. The van der Waals surface area contributed by atoms with Gasteiger partial charge in [-0.2, -0.15) is 0 Å². The topological polar surface area (TPSA) is 71.8 Å². The van der Waals surface area contributed by atoms with E-state index in [0.29, 0.717) is 36.3 Å². The Hall–Kier alpha value is -3.62. The number of para-hydroxylation sites is 2. The van der Waals surface area contributed by atoms with E-state index in [1.54, 1.807) is 14.0 Å². The molecule has 2 aromatic carbocycles. The van der Waals surface area contributed by atoms with Gasteiger partial charge < -0.3 is 23.5 Å². The first-order valence-corrected chi connectivity index (χ1v) is 16.6. The minimum Gasteiger partial charge on any atom is -0.480 e. The van der Waals surface area contributed by atoms with Crippen molar-refractivity contribution in [2.45, 2.75) is 46.3 Å². The van der Waals surface area contributed by atoms with Crippen LogP contribution in [0.15, 0.2) is 60.8 Å². The van der Waals surface area contributed by atoms with Crippen molar-refractivity contribution in [3.8, 4) is 28.5 Å². The molecule has 0 atom stereocenters. The van der Waals surface area contributed by atoms with Crippen molar-refractivity contribution < 1.29 is 23.7 Å². The van der Waals surface area contributed by atoms with Crippen LogP contribution < -0.4 is 9.47 Å². The summed E-state index contributed by atoms with van der Waals surface area (Å²) in [5, 5.41) is 1.63. The fourth-order valence-electron chi connectivity index (χ4n) is 4.28. The highest BCUT2D eigenvalue weighted by Crippen LogP contribution is 2.43. The maximum Gasteiger partial charge on any atom is 0.357 e. The van der Waals surface area contributed by atoms with E-state index in [2.05, 4.69) is 24.6 Å². The molecule has 200 valence electrons. The molecule has 0 spiro atoms. The zero-order valence-corrected chi connectivity index (χ0v) is 24.0. The number of ether oxygens (including phenoxy) is 4. The number of rotatable bonds is 11. The summed E-state index contributed by atoms with van der Waals surface area (Å²) in [6.07, 6.45) is 2.00. The van der Waals surface area contributed by atoms with Crippen molar-refractivity contribution in [3.63, 3.8) is 0 Å². The summed E-state index contributed by atoms with van der Waals surface area (Å²) >= 11 is 0. The van der Waals surface area contributed by atoms with Gasteiger partial charge in [0, 0.05) is 43.1 Å². The molecule has 0 aliphatic heterocycles. The Labute approximate surface area is 225 Å². The fraction of sp³-hybridized carbons (Fsp3) is 0.333. The van der Waals surface area contributed by atoms with Crippen molar-refractivity contribution in [1.29, 1.82) is 0 Å². The molecule has 2 heterocycles. The van der Waals surface area contributed by atoms with Gasteiger partial charge in [-0.05, 0) is 38.1 Å². The van der Waals surface area contributed by atoms with Crippen LogP contribution in [0.1, 0.15) is 23.1 Å². The molecule has 0 bridgehead atoms. The third-order valence-corrected chi connectivity index (χ3v) is 8.00. The van der Waals surface area contributed by atoms with E-state index in [-0.39, 0.29) is 12.3 Å². The van der Waals surface area contributed by atoms with E-state index < -0.39 is 14.0 Å². The standard InChI is InChI=1S/C30H36N2O5Si/c1-7-36-30(33)28-27(23-15-11-12-16-25(23)37-22-13-9-8-10-14-22)24-19-32(20-35-17-18-38(4,5)6)21(2)26(24)29(31-28)34-3/h8-16,19H,7,17-18,20H2,1-6H3. The van der Waals surface area contributed by atoms with Gasteiger partial charge in [0.05, 0.1) is 19.1 Å². The molecule has 2 aromatic heterocycles. The lowest BCUT2D eigenvalue weighted by atomic mass is 9.98. The van der Waals surface area contributed by atoms with Gasteiger partial charge in [0.2, 0.25) is 5.88 Å². The summed E-state index contributed by atoms with van der Waals surface area (Å²) in [6, 6.07) is 18.3. The molecule has 7 nitrogen and oxygen atoms in total. The summed E-state index contributed by atoms with van der Waals surface area (Å²) in [7, 11) is 0.355. The summed E-state index contributed by atoms with van der Waals surface area (Å²) < 4.78 is 25.5. The summed E-state index contributed by atoms with van der Waals surface area (Å²) in [4.78, 5) is 17.9. The smallest absolute Gasteiger partial charge is 0.357 e. The Morgan fingerprint density at radius 3 is 2.42 bits per heavy atom. The van der Waals surface area contributed by atoms with Crippen LogP contribution >= 0.6 is 0 Å².